The summed E-state index contributed by atoms with van der Waals surface area (Å²) in [4.78, 5) is 17.1. The highest BCUT2D eigenvalue weighted by atomic mass is 16.7. The Morgan fingerprint density at radius 2 is 2.12 bits per heavy atom. The monoisotopic (exact) mass is 235 g/mol. The van der Waals surface area contributed by atoms with Crippen molar-refractivity contribution in [2.24, 2.45) is 0 Å². The number of carbonyl (C=O) groups excluding carboxylic acids is 1. The second kappa shape index (κ2) is 5.29. The van der Waals surface area contributed by atoms with Crippen LogP contribution in [-0.2, 0) is 9.57 Å². The lowest BCUT2D eigenvalue weighted by molar-refractivity contribution is -0.199. The van der Waals surface area contributed by atoms with Crippen LogP contribution < -0.4 is 0 Å². The summed E-state index contributed by atoms with van der Waals surface area (Å²) in [5, 5.41) is 1.29. The van der Waals surface area contributed by atoms with E-state index in [0.717, 1.165) is 18.4 Å². The fraction of sp³-hybridized carbons (Fsp3) is 0.462. The van der Waals surface area contributed by atoms with Crippen molar-refractivity contribution in [3.8, 4) is 0 Å². The quantitative estimate of drug-likeness (QED) is 0.736. The Hall–Kier alpha value is -1.39. The van der Waals surface area contributed by atoms with Crippen molar-refractivity contribution in [3.05, 3.63) is 35.4 Å². The van der Waals surface area contributed by atoms with E-state index in [2.05, 4.69) is 6.92 Å². The minimum absolute atomic E-state index is 0.135. The van der Waals surface area contributed by atoms with Gasteiger partial charge in [0.2, 0.25) is 0 Å². The largest absolute Gasteiger partial charge is 0.352 e. The molecule has 0 N–H and O–H groups in total. The first kappa shape index (κ1) is 12.1. The smallest absolute Gasteiger partial charge is 0.280 e. The summed E-state index contributed by atoms with van der Waals surface area (Å²) in [7, 11) is 1.49. The van der Waals surface area contributed by atoms with Crippen LogP contribution in [0.5, 0.6) is 0 Å². The second-order valence-corrected chi connectivity index (χ2v) is 3.98. The maximum Gasteiger partial charge on any atom is 0.280 e. The van der Waals surface area contributed by atoms with E-state index in [0.29, 0.717) is 12.2 Å². The van der Waals surface area contributed by atoms with Gasteiger partial charge < -0.3 is 4.74 Å². The highest BCUT2D eigenvalue weighted by Crippen LogP contribution is 2.34. The van der Waals surface area contributed by atoms with Crippen LogP contribution >= 0.6 is 0 Å². The Morgan fingerprint density at radius 1 is 1.35 bits per heavy atom. The van der Waals surface area contributed by atoms with Gasteiger partial charge in [0, 0.05) is 17.7 Å². The number of fused-ring (bicyclic) bond motifs is 1. The summed E-state index contributed by atoms with van der Waals surface area (Å²) in [6.45, 7) is 2.73. The van der Waals surface area contributed by atoms with Crippen molar-refractivity contribution in [1.29, 1.82) is 0 Å². The normalized spacial score (nSPS) is 18.6. The maximum atomic E-state index is 12.0. The minimum Gasteiger partial charge on any atom is -0.352 e. The van der Waals surface area contributed by atoms with Crippen molar-refractivity contribution in [3.63, 3.8) is 0 Å². The van der Waals surface area contributed by atoms with Gasteiger partial charge >= 0.3 is 0 Å². The molecular weight excluding hydrogens is 218 g/mol. The third-order valence-corrected chi connectivity index (χ3v) is 2.84. The Bertz CT molecular complexity index is 405. The molecule has 1 aromatic rings. The third kappa shape index (κ3) is 2.18. The fourth-order valence-electron chi connectivity index (χ4n) is 1.93. The third-order valence-electron chi connectivity index (χ3n) is 2.84. The number of rotatable bonds is 5. The number of unbranched alkanes of at least 4 members (excludes halogenated alkanes) is 1. The highest BCUT2D eigenvalue weighted by molar-refractivity contribution is 5.98. The Morgan fingerprint density at radius 3 is 2.82 bits per heavy atom. The van der Waals surface area contributed by atoms with Gasteiger partial charge in [-0.1, -0.05) is 31.5 Å². The van der Waals surface area contributed by atoms with Gasteiger partial charge in [-0.2, -0.15) is 5.06 Å². The summed E-state index contributed by atoms with van der Waals surface area (Å²) in [6, 6.07) is 7.45. The number of hydrogen-bond acceptors (Lipinski definition) is 3. The first-order valence-corrected chi connectivity index (χ1v) is 5.87. The Kier molecular flexibility index (Phi) is 3.76. The van der Waals surface area contributed by atoms with E-state index in [9.17, 15) is 4.79 Å². The van der Waals surface area contributed by atoms with Crippen LogP contribution in [0.4, 0.5) is 0 Å². The van der Waals surface area contributed by atoms with Crippen LogP contribution in [0, 0.1) is 0 Å². The van der Waals surface area contributed by atoms with Crippen molar-refractivity contribution in [2.45, 2.75) is 26.0 Å². The van der Waals surface area contributed by atoms with Crippen molar-refractivity contribution in [1.82, 2.24) is 5.06 Å². The molecule has 4 heteroatoms. The Labute approximate surface area is 101 Å². The van der Waals surface area contributed by atoms with Crippen LogP contribution in [0.2, 0.25) is 0 Å². The summed E-state index contributed by atoms with van der Waals surface area (Å²) in [5.41, 5.74) is 1.55. The van der Waals surface area contributed by atoms with Crippen LogP contribution in [-0.4, -0.2) is 24.7 Å². The van der Waals surface area contributed by atoms with E-state index >= 15 is 0 Å². The van der Waals surface area contributed by atoms with Gasteiger partial charge in [0.15, 0.2) is 6.23 Å². The van der Waals surface area contributed by atoms with Gasteiger partial charge in [-0.3, -0.25) is 9.63 Å². The molecular formula is C13H17NO3. The van der Waals surface area contributed by atoms with E-state index in [-0.39, 0.29) is 5.91 Å². The van der Waals surface area contributed by atoms with E-state index in [1.54, 1.807) is 6.07 Å². The molecule has 1 heterocycles. The molecule has 1 atom stereocenters. The number of ether oxygens (including phenoxy) is 1. The molecule has 1 amide bonds. The molecule has 1 unspecified atom stereocenters. The van der Waals surface area contributed by atoms with E-state index < -0.39 is 6.23 Å². The summed E-state index contributed by atoms with van der Waals surface area (Å²) in [6.07, 6.45) is 1.63. The van der Waals surface area contributed by atoms with Crippen LogP contribution in [0.15, 0.2) is 24.3 Å². The van der Waals surface area contributed by atoms with Gasteiger partial charge in [-0.05, 0) is 12.5 Å². The SMILES string of the molecule is CCCCOC1c2ccccc2C(=O)N1OC. The van der Waals surface area contributed by atoms with Gasteiger partial charge in [-0.25, -0.2) is 0 Å². The molecule has 1 aliphatic heterocycles. The molecule has 1 aliphatic rings. The number of amides is 1. The molecule has 4 nitrogen and oxygen atoms in total. The van der Waals surface area contributed by atoms with E-state index in [1.807, 2.05) is 18.2 Å². The standard InChI is InChI=1S/C13H17NO3/c1-3-4-9-17-13-11-8-6-5-7-10(11)12(15)14(13)16-2/h5-8,13H,3-4,9H2,1-2H3. The van der Waals surface area contributed by atoms with Crippen LogP contribution in [0.1, 0.15) is 41.9 Å². The van der Waals surface area contributed by atoms with Gasteiger partial charge in [0.05, 0.1) is 7.11 Å². The predicted octanol–water partition coefficient (Wildman–Crippen LogP) is 2.52. The lowest BCUT2D eigenvalue weighted by atomic mass is 10.1. The number of nitrogens with zero attached hydrogens (tertiary/aromatic N) is 1. The number of carbonyl (C=O) groups is 1. The Balaban J connectivity index is 2.20. The minimum atomic E-state index is -0.407. The summed E-state index contributed by atoms with van der Waals surface area (Å²) >= 11 is 0. The van der Waals surface area contributed by atoms with Gasteiger partial charge in [0.1, 0.15) is 0 Å². The lowest BCUT2D eigenvalue weighted by Crippen LogP contribution is -2.28. The molecule has 0 aliphatic carbocycles. The molecule has 0 bridgehead atoms. The molecule has 2 rings (SSSR count). The molecule has 0 radical (unpaired) electrons. The molecule has 0 saturated heterocycles. The van der Waals surface area contributed by atoms with E-state index in [4.69, 9.17) is 9.57 Å². The van der Waals surface area contributed by atoms with E-state index in [1.165, 1.54) is 12.2 Å². The molecule has 0 aromatic heterocycles. The summed E-state index contributed by atoms with van der Waals surface area (Å²) < 4.78 is 5.72. The average molecular weight is 235 g/mol. The fourth-order valence-corrected chi connectivity index (χ4v) is 1.93. The number of benzene rings is 1. The van der Waals surface area contributed by atoms with Crippen molar-refractivity contribution < 1.29 is 14.4 Å². The van der Waals surface area contributed by atoms with Crippen LogP contribution in [0.25, 0.3) is 0 Å². The molecule has 0 fully saturated rings. The second-order valence-electron chi connectivity index (χ2n) is 3.98. The first-order chi connectivity index (χ1) is 8.29. The zero-order valence-electron chi connectivity index (χ0n) is 10.2. The molecule has 1 aromatic carbocycles. The van der Waals surface area contributed by atoms with Crippen molar-refractivity contribution in [2.75, 3.05) is 13.7 Å². The zero-order valence-corrected chi connectivity index (χ0v) is 10.2. The molecule has 0 saturated carbocycles. The van der Waals surface area contributed by atoms with Crippen LogP contribution in [0.3, 0.4) is 0 Å². The molecule has 92 valence electrons. The number of hydroxylamine groups is 2. The maximum absolute atomic E-state index is 12.0. The first-order valence-electron chi connectivity index (χ1n) is 5.87. The average Bonchev–Trinajstić information content (AvgIpc) is 2.63. The zero-order chi connectivity index (χ0) is 12.3. The highest BCUT2D eigenvalue weighted by Gasteiger charge is 2.37. The molecule has 0 spiro atoms. The number of hydrogen-bond donors (Lipinski definition) is 0. The van der Waals surface area contributed by atoms with Gasteiger partial charge in [-0.15, -0.1) is 0 Å². The van der Waals surface area contributed by atoms with Gasteiger partial charge in [0.25, 0.3) is 5.91 Å². The molecule has 17 heavy (non-hydrogen) atoms. The summed E-state index contributed by atoms with van der Waals surface area (Å²) in [5.74, 6) is -0.135. The predicted molar refractivity (Wildman–Crippen MR) is 63.2 cm³/mol. The lowest BCUT2D eigenvalue weighted by Gasteiger charge is -2.22. The van der Waals surface area contributed by atoms with Crippen molar-refractivity contribution >= 4 is 5.91 Å². The topological polar surface area (TPSA) is 38.8 Å².